The van der Waals surface area contributed by atoms with E-state index in [-0.39, 0.29) is 23.4 Å². The molecule has 1 amide bonds. The molecule has 0 aliphatic carbocycles. The zero-order valence-electron chi connectivity index (χ0n) is 15.0. The van der Waals surface area contributed by atoms with E-state index in [0.717, 1.165) is 18.4 Å². The first-order valence-corrected chi connectivity index (χ1v) is 8.86. The van der Waals surface area contributed by atoms with Crippen molar-refractivity contribution in [2.45, 2.75) is 32.5 Å². The molecular formula is C18H20N6O3. The van der Waals surface area contributed by atoms with Crippen LogP contribution in [0.25, 0.3) is 5.78 Å². The van der Waals surface area contributed by atoms with Gasteiger partial charge in [0.05, 0.1) is 12.7 Å². The smallest absolute Gasteiger partial charge is 0.286 e. The molecule has 140 valence electrons. The summed E-state index contributed by atoms with van der Waals surface area (Å²) in [5.74, 6) is 0.486. The Kier molecular flexibility index (Phi) is 4.68. The molecule has 1 N–H and O–H groups in total. The Morgan fingerprint density at radius 3 is 3.11 bits per heavy atom. The van der Waals surface area contributed by atoms with Gasteiger partial charge >= 0.3 is 0 Å². The van der Waals surface area contributed by atoms with Gasteiger partial charge in [0.1, 0.15) is 11.4 Å². The molecule has 0 radical (unpaired) electrons. The van der Waals surface area contributed by atoms with Crippen molar-refractivity contribution in [2.24, 2.45) is 0 Å². The number of H-pyrrole nitrogens is 1. The van der Waals surface area contributed by atoms with Crippen LogP contribution < -0.4 is 5.56 Å². The molecular weight excluding hydrogens is 348 g/mol. The highest BCUT2D eigenvalue weighted by Crippen LogP contribution is 2.16. The van der Waals surface area contributed by atoms with Crippen LogP contribution in [0.4, 0.5) is 0 Å². The molecule has 3 aromatic rings. The van der Waals surface area contributed by atoms with Crippen LogP contribution in [0.3, 0.4) is 0 Å². The molecule has 0 spiro atoms. The van der Waals surface area contributed by atoms with Gasteiger partial charge in [-0.25, -0.2) is 4.98 Å². The van der Waals surface area contributed by atoms with E-state index in [0.29, 0.717) is 25.5 Å². The third-order valence-corrected chi connectivity index (χ3v) is 4.59. The van der Waals surface area contributed by atoms with Gasteiger partial charge in [-0.05, 0) is 31.4 Å². The van der Waals surface area contributed by atoms with Gasteiger partial charge in [-0.1, -0.05) is 6.07 Å². The molecule has 0 bridgehead atoms. The standard InChI is InChI=1S/C18H20N6O3/c1-12-21-18-20-9-15(17(26)24(18)22-12)16(25)23-7-3-5-14(10-23)27-11-13-4-2-6-19-8-13/h2,4,6,8-9,14H,3,5,7,10-11H2,1H3,(H,20,21,22)/t14-/m0/s1. The number of aromatic nitrogens is 5. The van der Waals surface area contributed by atoms with Crippen molar-refractivity contribution >= 4 is 11.7 Å². The maximum absolute atomic E-state index is 12.9. The van der Waals surface area contributed by atoms with Crippen LogP contribution in [0.15, 0.2) is 35.5 Å². The number of amides is 1. The lowest BCUT2D eigenvalue weighted by molar-refractivity contribution is -0.00688. The van der Waals surface area contributed by atoms with E-state index in [1.165, 1.54) is 10.7 Å². The zero-order valence-corrected chi connectivity index (χ0v) is 15.0. The SMILES string of the molecule is Cc1nc2ncc(C(=O)N3CCC[C@H](OCc4cccnc4)C3)c(=O)n2[nH]1. The Balaban J connectivity index is 1.47. The van der Waals surface area contributed by atoms with E-state index < -0.39 is 5.56 Å². The molecule has 27 heavy (non-hydrogen) atoms. The van der Waals surface area contributed by atoms with Crippen LogP contribution in [-0.2, 0) is 11.3 Å². The second-order valence-electron chi connectivity index (χ2n) is 6.61. The third kappa shape index (κ3) is 3.59. The summed E-state index contributed by atoms with van der Waals surface area (Å²) in [7, 11) is 0. The van der Waals surface area contributed by atoms with Crippen LogP contribution in [0.2, 0.25) is 0 Å². The summed E-state index contributed by atoms with van der Waals surface area (Å²) in [4.78, 5) is 39.4. The first-order valence-electron chi connectivity index (χ1n) is 8.86. The van der Waals surface area contributed by atoms with Gasteiger partial charge in [0, 0.05) is 31.7 Å². The number of piperidine rings is 1. The third-order valence-electron chi connectivity index (χ3n) is 4.59. The molecule has 4 heterocycles. The number of hydrogen-bond acceptors (Lipinski definition) is 6. The van der Waals surface area contributed by atoms with Gasteiger partial charge in [-0.3, -0.25) is 19.7 Å². The molecule has 9 nitrogen and oxygen atoms in total. The van der Waals surface area contributed by atoms with Gasteiger partial charge in [0.15, 0.2) is 0 Å². The summed E-state index contributed by atoms with van der Waals surface area (Å²) in [5.41, 5.74) is 0.580. The second kappa shape index (κ2) is 7.28. The van der Waals surface area contributed by atoms with Crippen LogP contribution >= 0.6 is 0 Å². The summed E-state index contributed by atoms with van der Waals surface area (Å²) in [5, 5.41) is 2.80. The van der Waals surface area contributed by atoms with E-state index >= 15 is 0 Å². The van der Waals surface area contributed by atoms with E-state index in [2.05, 4.69) is 20.1 Å². The zero-order chi connectivity index (χ0) is 18.8. The number of fused-ring (bicyclic) bond motifs is 1. The van der Waals surface area contributed by atoms with Crippen LogP contribution in [-0.4, -0.2) is 54.6 Å². The number of carbonyl (C=O) groups is 1. The first kappa shape index (κ1) is 17.3. The lowest BCUT2D eigenvalue weighted by Gasteiger charge is -2.32. The van der Waals surface area contributed by atoms with Crippen molar-refractivity contribution in [2.75, 3.05) is 13.1 Å². The van der Waals surface area contributed by atoms with Crippen LogP contribution in [0.5, 0.6) is 0 Å². The van der Waals surface area contributed by atoms with Crippen LogP contribution in [0, 0.1) is 6.92 Å². The summed E-state index contributed by atoms with van der Waals surface area (Å²) >= 11 is 0. The lowest BCUT2D eigenvalue weighted by Crippen LogP contribution is -2.45. The van der Waals surface area contributed by atoms with Gasteiger partial charge in [-0.15, -0.1) is 0 Å². The number of likely N-dealkylation sites (tertiary alicyclic amines) is 1. The molecule has 3 aromatic heterocycles. The molecule has 1 fully saturated rings. The maximum Gasteiger partial charge on any atom is 0.286 e. The number of rotatable bonds is 4. The molecule has 1 aliphatic heterocycles. The Labute approximate surface area is 155 Å². The largest absolute Gasteiger partial charge is 0.372 e. The quantitative estimate of drug-likeness (QED) is 0.735. The fraction of sp³-hybridized carbons (Fsp3) is 0.389. The number of carbonyl (C=O) groups excluding carboxylic acids is 1. The highest BCUT2D eigenvalue weighted by molar-refractivity contribution is 5.93. The van der Waals surface area contributed by atoms with E-state index in [1.54, 1.807) is 24.2 Å². The van der Waals surface area contributed by atoms with Crippen molar-refractivity contribution in [3.8, 4) is 0 Å². The predicted molar refractivity (Wildman–Crippen MR) is 96.3 cm³/mol. The number of nitrogens with one attached hydrogen (secondary N) is 1. The normalized spacial score (nSPS) is 17.4. The number of ether oxygens (including phenoxy) is 1. The fourth-order valence-corrected chi connectivity index (χ4v) is 3.24. The fourth-order valence-electron chi connectivity index (χ4n) is 3.24. The highest BCUT2D eigenvalue weighted by Gasteiger charge is 2.27. The molecule has 1 saturated heterocycles. The topological polar surface area (TPSA) is 105 Å². The van der Waals surface area contributed by atoms with Gasteiger partial charge < -0.3 is 9.64 Å². The van der Waals surface area contributed by atoms with Crippen molar-refractivity contribution in [1.82, 2.24) is 29.5 Å². The number of hydrogen-bond donors (Lipinski definition) is 1. The average Bonchev–Trinajstić information content (AvgIpc) is 3.09. The Morgan fingerprint density at radius 2 is 2.30 bits per heavy atom. The van der Waals surface area contributed by atoms with Gasteiger partial charge in [0.2, 0.25) is 0 Å². The average molecular weight is 368 g/mol. The van der Waals surface area contributed by atoms with Crippen LogP contribution in [0.1, 0.15) is 34.6 Å². The molecule has 0 unspecified atom stereocenters. The van der Waals surface area contributed by atoms with Crippen molar-refractivity contribution in [1.29, 1.82) is 0 Å². The lowest BCUT2D eigenvalue weighted by atomic mass is 10.1. The number of aryl methyl sites for hydroxylation is 1. The minimum atomic E-state index is -0.441. The molecule has 0 aromatic carbocycles. The summed E-state index contributed by atoms with van der Waals surface area (Å²) < 4.78 is 7.14. The summed E-state index contributed by atoms with van der Waals surface area (Å²) in [6.07, 6.45) is 6.41. The van der Waals surface area contributed by atoms with Crippen molar-refractivity contribution < 1.29 is 9.53 Å². The predicted octanol–water partition coefficient (Wildman–Crippen LogP) is 0.942. The Bertz CT molecular complexity index is 1010. The summed E-state index contributed by atoms with van der Waals surface area (Å²) in [6.45, 7) is 3.22. The molecule has 0 saturated carbocycles. The second-order valence-corrected chi connectivity index (χ2v) is 6.61. The molecule has 1 aliphatic rings. The molecule has 4 rings (SSSR count). The highest BCUT2D eigenvalue weighted by atomic mass is 16.5. The monoisotopic (exact) mass is 368 g/mol. The van der Waals surface area contributed by atoms with Gasteiger partial charge in [-0.2, -0.15) is 9.50 Å². The van der Waals surface area contributed by atoms with Gasteiger partial charge in [0.25, 0.3) is 17.2 Å². The minimum absolute atomic E-state index is 0.0315. The Hall–Kier alpha value is -3.07. The first-order chi connectivity index (χ1) is 13.1. The van der Waals surface area contributed by atoms with E-state index in [9.17, 15) is 9.59 Å². The number of pyridine rings is 1. The Morgan fingerprint density at radius 1 is 1.41 bits per heavy atom. The van der Waals surface area contributed by atoms with E-state index in [1.807, 2.05) is 12.1 Å². The van der Waals surface area contributed by atoms with Crippen molar-refractivity contribution in [3.05, 3.63) is 58.0 Å². The minimum Gasteiger partial charge on any atom is -0.372 e. The molecule has 9 heteroatoms. The maximum atomic E-state index is 12.9. The summed E-state index contributed by atoms with van der Waals surface area (Å²) in [6, 6.07) is 3.82. The molecule has 1 atom stereocenters. The number of nitrogens with zero attached hydrogens (tertiary/aromatic N) is 5. The van der Waals surface area contributed by atoms with Crippen molar-refractivity contribution in [3.63, 3.8) is 0 Å². The van der Waals surface area contributed by atoms with E-state index in [4.69, 9.17) is 4.74 Å². The number of aromatic amines is 1.